The standard InChI is InChI=1S/C24H23ClF3N3O3/c1-14-6-7-16(15(2)8-14)9-18(13-33-29)31-23(32)20-11-22(25)30-12-21(20)34-19-5-3-4-17(10-19)24(26,27)28/h3-8,10-12,18H,9,13,29H2,1-2H3,(H,31,32). The fourth-order valence-corrected chi connectivity index (χ4v) is 3.57. The molecule has 0 spiro atoms. The third kappa shape index (κ3) is 6.69. The van der Waals surface area contributed by atoms with Gasteiger partial charge in [-0.25, -0.2) is 10.9 Å². The zero-order valence-electron chi connectivity index (χ0n) is 18.4. The van der Waals surface area contributed by atoms with Crippen molar-refractivity contribution in [3.63, 3.8) is 0 Å². The number of benzene rings is 2. The van der Waals surface area contributed by atoms with Crippen LogP contribution in [-0.4, -0.2) is 23.5 Å². The first kappa shape index (κ1) is 25.5. The monoisotopic (exact) mass is 493 g/mol. The van der Waals surface area contributed by atoms with Crippen molar-refractivity contribution in [2.75, 3.05) is 6.61 Å². The summed E-state index contributed by atoms with van der Waals surface area (Å²) < 4.78 is 44.7. The number of ether oxygens (including phenoxy) is 1. The smallest absolute Gasteiger partial charge is 0.416 e. The van der Waals surface area contributed by atoms with Crippen molar-refractivity contribution in [2.24, 2.45) is 5.90 Å². The Morgan fingerprint density at radius 3 is 2.62 bits per heavy atom. The van der Waals surface area contributed by atoms with Gasteiger partial charge in [0.15, 0.2) is 5.75 Å². The van der Waals surface area contributed by atoms with Gasteiger partial charge < -0.3 is 14.9 Å². The third-order valence-electron chi connectivity index (χ3n) is 5.06. The van der Waals surface area contributed by atoms with Crippen LogP contribution in [0.2, 0.25) is 5.15 Å². The molecule has 6 nitrogen and oxygen atoms in total. The molecule has 0 aliphatic carbocycles. The van der Waals surface area contributed by atoms with Crippen molar-refractivity contribution in [1.29, 1.82) is 0 Å². The van der Waals surface area contributed by atoms with Crippen molar-refractivity contribution in [2.45, 2.75) is 32.5 Å². The molecule has 1 amide bonds. The normalized spacial score (nSPS) is 12.3. The van der Waals surface area contributed by atoms with Gasteiger partial charge in [-0.2, -0.15) is 13.2 Å². The summed E-state index contributed by atoms with van der Waals surface area (Å²) in [4.78, 5) is 21.8. The number of alkyl halides is 3. The van der Waals surface area contributed by atoms with Gasteiger partial charge in [-0.05, 0) is 55.7 Å². The molecule has 2 aromatic carbocycles. The fraction of sp³-hybridized carbons (Fsp3) is 0.250. The van der Waals surface area contributed by atoms with Gasteiger partial charge in [-0.1, -0.05) is 41.4 Å². The van der Waals surface area contributed by atoms with E-state index in [4.69, 9.17) is 27.1 Å². The number of pyridine rings is 1. The van der Waals surface area contributed by atoms with E-state index in [2.05, 4.69) is 10.3 Å². The first-order valence-electron chi connectivity index (χ1n) is 10.3. The second-order valence-corrected chi connectivity index (χ2v) is 8.16. The number of nitrogens with zero attached hydrogens (tertiary/aromatic N) is 1. The minimum absolute atomic E-state index is 0.0000567. The van der Waals surface area contributed by atoms with Crippen LogP contribution in [0.3, 0.4) is 0 Å². The summed E-state index contributed by atoms with van der Waals surface area (Å²) in [5, 5.41) is 2.84. The molecule has 180 valence electrons. The van der Waals surface area contributed by atoms with E-state index in [9.17, 15) is 18.0 Å². The van der Waals surface area contributed by atoms with E-state index >= 15 is 0 Å². The molecule has 0 bridgehead atoms. The minimum atomic E-state index is -4.54. The van der Waals surface area contributed by atoms with E-state index in [1.165, 1.54) is 24.4 Å². The number of halogens is 4. The highest BCUT2D eigenvalue weighted by molar-refractivity contribution is 6.29. The van der Waals surface area contributed by atoms with Gasteiger partial charge in [-0.3, -0.25) is 4.79 Å². The molecule has 10 heteroatoms. The largest absolute Gasteiger partial charge is 0.455 e. The predicted octanol–water partition coefficient (Wildman–Crippen LogP) is 5.39. The second kappa shape index (κ2) is 10.9. The average molecular weight is 494 g/mol. The van der Waals surface area contributed by atoms with Crippen molar-refractivity contribution < 1.29 is 27.5 Å². The van der Waals surface area contributed by atoms with Crippen LogP contribution in [0.15, 0.2) is 54.7 Å². The SMILES string of the molecule is Cc1ccc(CC(CON)NC(=O)c2cc(Cl)ncc2Oc2cccc(C(F)(F)F)c2)c(C)c1. The average Bonchev–Trinajstić information content (AvgIpc) is 2.76. The van der Waals surface area contributed by atoms with E-state index < -0.39 is 23.7 Å². The first-order valence-corrected chi connectivity index (χ1v) is 10.6. The molecule has 1 unspecified atom stereocenters. The molecule has 1 heterocycles. The number of nitrogens with two attached hydrogens (primary N) is 1. The number of amides is 1. The maximum atomic E-state index is 13.1. The molecule has 34 heavy (non-hydrogen) atoms. The molecule has 0 saturated heterocycles. The Kier molecular flexibility index (Phi) is 8.14. The molecule has 3 rings (SSSR count). The van der Waals surface area contributed by atoms with Crippen molar-refractivity contribution in [1.82, 2.24) is 10.3 Å². The fourth-order valence-electron chi connectivity index (χ4n) is 3.41. The van der Waals surface area contributed by atoms with E-state index in [0.717, 1.165) is 28.8 Å². The van der Waals surface area contributed by atoms with Crippen LogP contribution in [0.5, 0.6) is 11.5 Å². The summed E-state index contributed by atoms with van der Waals surface area (Å²) in [6, 6.07) is 11.0. The quantitative estimate of drug-likeness (QED) is 0.324. The summed E-state index contributed by atoms with van der Waals surface area (Å²) >= 11 is 5.97. The highest BCUT2D eigenvalue weighted by Gasteiger charge is 2.31. The summed E-state index contributed by atoms with van der Waals surface area (Å²) in [5.41, 5.74) is 2.28. The number of rotatable bonds is 8. The van der Waals surface area contributed by atoms with Crippen LogP contribution in [0.4, 0.5) is 13.2 Å². The molecule has 0 saturated carbocycles. The minimum Gasteiger partial charge on any atom is -0.455 e. The Morgan fingerprint density at radius 2 is 1.94 bits per heavy atom. The van der Waals surface area contributed by atoms with Crippen molar-refractivity contribution >= 4 is 17.5 Å². The van der Waals surface area contributed by atoms with Crippen molar-refractivity contribution in [3.05, 3.63) is 87.7 Å². The molecule has 3 aromatic rings. The molecular weight excluding hydrogens is 471 g/mol. The van der Waals surface area contributed by atoms with Gasteiger partial charge >= 0.3 is 6.18 Å². The summed E-state index contributed by atoms with van der Waals surface area (Å²) in [6.07, 6.45) is -2.92. The third-order valence-corrected chi connectivity index (χ3v) is 5.27. The Morgan fingerprint density at radius 1 is 1.18 bits per heavy atom. The van der Waals surface area contributed by atoms with Gasteiger partial charge in [0.25, 0.3) is 5.91 Å². The lowest BCUT2D eigenvalue weighted by atomic mass is 9.99. The zero-order chi connectivity index (χ0) is 24.9. The van der Waals surface area contributed by atoms with Crippen LogP contribution in [0, 0.1) is 13.8 Å². The number of nitrogens with one attached hydrogen (secondary N) is 1. The van der Waals surface area contributed by atoms with Gasteiger partial charge in [0.05, 0.1) is 30.0 Å². The van der Waals surface area contributed by atoms with Gasteiger partial charge in [0.2, 0.25) is 0 Å². The van der Waals surface area contributed by atoms with Crippen LogP contribution >= 0.6 is 11.6 Å². The van der Waals surface area contributed by atoms with E-state index in [-0.39, 0.29) is 28.8 Å². The summed E-state index contributed by atoms with van der Waals surface area (Å²) in [6.45, 7) is 3.98. The number of hydrogen-bond donors (Lipinski definition) is 2. The molecule has 1 atom stereocenters. The Balaban J connectivity index is 1.84. The molecule has 0 fully saturated rings. The summed E-state index contributed by atoms with van der Waals surface area (Å²) in [5.74, 6) is 4.53. The van der Waals surface area contributed by atoms with Crippen LogP contribution in [-0.2, 0) is 17.4 Å². The van der Waals surface area contributed by atoms with Gasteiger partial charge in [-0.15, -0.1) is 0 Å². The van der Waals surface area contributed by atoms with Gasteiger partial charge in [0, 0.05) is 0 Å². The number of carbonyl (C=O) groups is 1. The number of aryl methyl sites for hydroxylation is 2. The van der Waals surface area contributed by atoms with Crippen molar-refractivity contribution in [3.8, 4) is 11.5 Å². The predicted molar refractivity (Wildman–Crippen MR) is 122 cm³/mol. The molecule has 1 aromatic heterocycles. The lowest BCUT2D eigenvalue weighted by Crippen LogP contribution is -2.40. The van der Waals surface area contributed by atoms with E-state index in [1.807, 2.05) is 32.0 Å². The summed E-state index contributed by atoms with van der Waals surface area (Å²) in [7, 11) is 0. The lowest BCUT2D eigenvalue weighted by molar-refractivity contribution is -0.137. The molecule has 3 N–H and O–H groups in total. The molecular formula is C24H23ClF3N3O3. The van der Waals surface area contributed by atoms with Crippen LogP contribution < -0.4 is 16.0 Å². The molecule has 0 radical (unpaired) electrons. The van der Waals surface area contributed by atoms with Crippen LogP contribution in [0.1, 0.15) is 32.6 Å². The number of aromatic nitrogens is 1. The molecule has 0 aliphatic heterocycles. The Labute approximate surface area is 199 Å². The van der Waals surface area contributed by atoms with Crippen LogP contribution in [0.25, 0.3) is 0 Å². The van der Waals surface area contributed by atoms with E-state index in [1.54, 1.807) is 0 Å². The first-order chi connectivity index (χ1) is 16.1. The Hall–Kier alpha value is -3.14. The maximum absolute atomic E-state index is 13.1. The lowest BCUT2D eigenvalue weighted by Gasteiger charge is -2.20. The topological polar surface area (TPSA) is 86.5 Å². The maximum Gasteiger partial charge on any atom is 0.416 e. The highest BCUT2D eigenvalue weighted by atomic mass is 35.5. The number of carbonyl (C=O) groups excluding carboxylic acids is 1. The zero-order valence-corrected chi connectivity index (χ0v) is 19.2. The highest BCUT2D eigenvalue weighted by Crippen LogP contribution is 2.33. The second-order valence-electron chi connectivity index (χ2n) is 7.77. The van der Waals surface area contributed by atoms with Gasteiger partial charge in [0.1, 0.15) is 10.9 Å². The molecule has 0 aliphatic rings. The number of hydrogen-bond acceptors (Lipinski definition) is 5. The van der Waals surface area contributed by atoms with E-state index in [0.29, 0.717) is 6.42 Å². The Bertz CT molecular complexity index is 1170.